The van der Waals surface area contributed by atoms with Gasteiger partial charge in [0.15, 0.2) is 0 Å². The van der Waals surface area contributed by atoms with Gasteiger partial charge in [-0.3, -0.25) is 0 Å². The van der Waals surface area contributed by atoms with Crippen LogP contribution in [0, 0.1) is 5.82 Å². The SMILES string of the molecule is COc1ccc(CNCCc2ccc(F)cc2)cc1Br. The molecule has 0 bridgehead atoms. The Balaban J connectivity index is 1.78. The number of hydrogen-bond acceptors (Lipinski definition) is 2. The zero-order valence-corrected chi connectivity index (χ0v) is 12.9. The van der Waals surface area contributed by atoms with E-state index in [1.807, 2.05) is 30.3 Å². The fraction of sp³-hybridized carbons (Fsp3) is 0.250. The molecule has 0 radical (unpaired) electrons. The third kappa shape index (κ3) is 4.32. The van der Waals surface area contributed by atoms with Crippen LogP contribution in [0.25, 0.3) is 0 Å². The molecule has 1 N–H and O–H groups in total. The molecule has 0 fully saturated rings. The van der Waals surface area contributed by atoms with E-state index in [2.05, 4.69) is 21.2 Å². The molecule has 20 heavy (non-hydrogen) atoms. The molecule has 0 heterocycles. The van der Waals surface area contributed by atoms with Crippen molar-refractivity contribution in [3.05, 3.63) is 63.9 Å². The van der Waals surface area contributed by atoms with Crippen molar-refractivity contribution in [2.45, 2.75) is 13.0 Å². The van der Waals surface area contributed by atoms with Crippen molar-refractivity contribution in [2.75, 3.05) is 13.7 Å². The predicted molar refractivity (Wildman–Crippen MR) is 82.5 cm³/mol. The minimum absolute atomic E-state index is 0.190. The number of nitrogens with one attached hydrogen (secondary N) is 1. The average molecular weight is 338 g/mol. The predicted octanol–water partition coefficient (Wildman–Crippen LogP) is 3.93. The summed E-state index contributed by atoms with van der Waals surface area (Å²) in [5, 5.41) is 3.37. The molecule has 0 unspecified atom stereocenters. The van der Waals surface area contributed by atoms with Gasteiger partial charge in [0, 0.05) is 6.54 Å². The largest absolute Gasteiger partial charge is 0.496 e. The van der Waals surface area contributed by atoms with Crippen molar-refractivity contribution in [1.82, 2.24) is 5.32 Å². The first-order valence-corrected chi connectivity index (χ1v) is 7.26. The maximum Gasteiger partial charge on any atom is 0.133 e. The Bertz CT molecular complexity index is 557. The van der Waals surface area contributed by atoms with Crippen LogP contribution < -0.4 is 10.1 Å². The maximum absolute atomic E-state index is 12.8. The van der Waals surface area contributed by atoms with E-state index in [1.165, 1.54) is 17.7 Å². The summed E-state index contributed by atoms with van der Waals surface area (Å²) in [5.41, 5.74) is 2.33. The molecule has 2 rings (SSSR count). The first-order chi connectivity index (χ1) is 9.69. The highest BCUT2D eigenvalue weighted by atomic mass is 79.9. The number of benzene rings is 2. The summed E-state index contributed by atoms with van der Waals surface area (Å²) in [7, 11) is 1.65. The summed E-state index contributed by atoms with van der Waals surface area (Å²) in [6.45, 7) is 1.65. The van der Waals surface area contributed by atoms with Crippen molar-refractivity contribution in [2.24, 2.45) is 0 Å². The molecule has 0 aliphatic carbocycles. The van der Waals surface area contributed by atoms with Crippen LogP contribution in [0.15, 0.2) is 46.9 Å². The van der Waals surface area contributed by atoms with Crippen LogP contribution in [0.5, 0.6) is 5.75 Å². The van der Waals surface area contributed by atoms with E-state index < -0.39 is 0 Å². The van der Waals surface area contributed by atoms with Crippen LogP contribution in [0.4, 0.5) is 4.39 Å². The molecule has 0 aromatic heterocycles. The highest BCUT2D eigenvalue weighted by Crippen LogP contribution is 2.25. The molecule has 2 aromatic carbocycles. The van der Waals surface area contributed by atoms with Crippen molar-refractivity contribution in [3.63, 3.8) is 0 Å². The molecule has 0 saturated carbocycles. The van der Waals surface area contributed by atoms with Gasteiger partial charge in [0.1, 0.15) is 11.6 Å². The smallest absolute Gasteiger partial charge is 0.133 e. The highest BCUT2D eigenvalue weighted by Gasteiger charge is 2.01. The van der Waals surface area contributed by atoms with Crippen molar-refractivity contribution in [1.29, 1.82) is 0 Å². The Morgan fingerprint density at radius 3 is 2.45 bits per heavy atom. The molecular formula is C16H17BrFNO. The van der Waals surface area contributed by atoms with E-state index in [0.717, 1.165) is 35.3 Å². The Kier molecular flexibility index (Phi) is 5.56. The molecule has 2 nitrogen and oxygen atoms in total. The normalized spacial score (nSPS) is 10.6. The minimum atomic E-state index is -0.190. The van der Waals surface area contributed by atoms with Crippen LogP contribution in [0.1, 0.15) is 11.1 Å². The van der Waals surface area contributed by atoms with Crippen molar-refractivity contribution in [3.8, 4) is 5.75 Å². The van der Waals surface area contributed by atoms with Crippen molar-refractivity contribution < 1.29 is 9.13 Å². The zero-order valence-electron chi connectivity index (χ0n) is 11.3. The van der Waals surface area contributed by atoms with E-state index in [4.69, 9.17) is 4.74 Å². The molecule has 0 atom stereocenters. The summed E-state index contributed by atoms with van der Waals surface area (Å²) in [6, 6.07) is 12.7. The van der Waals surface area contributed by atoms with E-state index in [0.29, 0.717) is 0 Å². The van der Waals surface area contributed by atoms with Gasteiger partial charge in [0.25, 0.3) is 0 Å². The summed E-state index contributed by atoms with van der Waals surface area (Å²) < 4.78 is 18.9. The fourth-order valence-electron chi connectivity index (χ4n) is 1.94. The standard InChI is InChI=1S/C16H17BrFNO/c1-20-16-7-4-13(10-15(16)17)11-19-9-8-12-2-5-14(18)6-3-12/h2-7,10,19H,8-9,11H2,1H3. The van der Waals surface area contributed by atoms with Crippen LogP contribution in [-0.2, 0) is 13.0 Å². The second-order valence-electron chi connectivity index (χ2n) is 4.52. The van der Waals surface area contributed by atoms with Crippen molar-refractivity contribution >= 4 is 15.9 Å². The number of methoxy groups -OCH3 is 1. The van der Waals surface area contributed by atoms with E-state index in [9.17, 15) is 4.39 Å². The van der Waals surface area contributed by atoms with Crippen LogP contribution in [0.3, 0.4) is 0 Å². The zero-order chi connectivity index (χ0) is 14.4. The molecule has 2 aromatic rings. The average Bonchev–Trinajstić information content (AvgIpc) is 2.46. The molecule has 0 aliphatic rings. The van der Waals surface area contributed by atoms with Gasteiger partial charge in [0.05, 0.1) is 11.6 Å². The fourth-order valence-corrected chi connectivity index (χ4v) is 2.52. The van der Waals surface area contributed by atoms with Gasteiger partial charge < -0.3 is 10.1 Å². The minimum Gasteiger partial charge on any atom is -0.496 e. The number of ether oxygens (including phenoxy) is 1. The van der Waals surface area contributed by atoms with Gasteiger partial charge in [-0.05, 0) is 64.3 Å². The number of rotatable bonds is 6. The molecule has 0 spiro atoms. The molecule has 106 valence electrons. The van der Waals surface area contributed by atoms with Gasteiger partial charge >= 0.3 is 0 Å². The first-order valence-electron chi connectivity index (χ1n) is 6.46. The Morgan fingerprint density at radius 1 is 1.10 bits per heavy atom. The second kappa shape index (κ2) is 7.41. The molecule has 0 saturated heterocycles. The molecular weight excluding hydrogens is 321 g/mol. The Morgan fingerprint density at radius 2 is 1.80 bits per heavy atom. The lowest BCUT2D eigenvalue weighted by molar-refractivity contribution is 0.412. The van der Waals surface area contributed by atoms with Crippen LogP contribution >= 0.6 is 15.9 Å². The van der Waals surface area contributed by atoms with Crippen LogP contribution in [-0.4, -0.2) is 13.7 Å². The third-order valence-corrected chi connectivity index (χ3v) is 3.67. The van der Waals surface area contributed by atoms with E-state index in [1.54, 1.807) is 7.11 Å². The van der Waals surface area contributed by atoms with E-state index >= 15 is 0 Å². The quantitative estimate of drug-likeness (QED) is 0.806. The van der Waals surface area contributed by atoms with E-state index in [-0.39, 0.29) is 5.82 Å². The molecule has 0 aliphatic heterocycles. The molecule has 0 amide bonds. The lowest BCUT2D eigenvalue weighted by Gasteiger charge is -2.08. The van der Waals surface area contributed by atoms with Crippen LogP contribution in [0.2, 0.25) is 0 Å². The topological polar surface area (TPSA) is 21.3 Å². The van der Waals surface area contributed by atoms with Gasteiger partial charge in [-0.25, -0.2) is 4.39 Å². The summed E-state index contributed by atoms with van der Waals surface area (Å²) in [4.78, 5) is 0. The monoisotopic (exact) mass is 337 g/mol. The first kappa shape index (κ1) is 15.0. The Hall–Kier alpha value is -1.39. The van der Waals surface area contributed by atoms with Gasteiger partial charge in [-0.2, -0.15) is 0 Å². The highest BCUT2D eigenvalue weighted by molar-refractivity contribution is 9.10. The van der Waals surface area contributed by atoms with Gasteiger partial charge in [0.2, 0.25) is 0 Å². The maximum atomic E-state index is 12.8. The third-order valence-electron chi connectivity index (χ3n) is 3.05. The van der Waals surface area contributed by atoms with Gasteiger partial charge in [-0.1, -0.05) is 18.2 Å². The summed E-state index contributed by atoms with van der Waals surface area (Å²) in [6.07, 6.45) is 0.887. The lowest BCUT2D eigenvalue weighted by Crippen LogP contribution is -2.16. The summed E-state index contributed by atoms with van der Waals surface area (Å²) >= 11 is 3.47. The second-order valence-corrected chi connectivity index (χ2v) is 5.38. The molecule has 4 heteroatoms. The Labute approximate surface area is 127 Å². The number of halogens is 2. The van der Waals surface area contributed by atoms with Gasteiger partial charge in [-0.15, -0.1) is 0 Å². The lowest BCUT2D eigenvalue weighted by atomic mass is 10.1. The summed E-state index contributed by atoms with van der Waals surface area (Å²) in [5.74, 6) is 0.643. The number of hydrogen-bond donors (Lipinski definition) is 1.